The van der Waals surface area contributed by atoms with Gasteiger partial charge in [0.25, 0.3) is 0 Å². The van der Waals surface area contributed by atoms with Crippen molar-refractivity contribution in [2.45, 2.75) is 37.1 Å². The molecule has 26 heavy (non-hydrogen) atoms. The second-order valence-corrected chi connectivity index (χ2v) is 8.46. The maximum Gasteiger partial charge on any atom is 0.240 e. The van der Waals surface area contributed by atoms with Crippen LogP contribution in [0.1, 0.15) is 23.2 Å². The van der Waals surface area contributed by atoms with Crippen molar-refractivity contribution in [3.05, 3.63) is 64.9 Å². The second-order valence-electron chi connectivity index (χ2n) is 6.74. The summed E-state index contributed by atoms with van der Waals surface area (Å²) in [6, 6.07) is 8.04. The van der Waals surface area contributed by atoms with Gasteiger partial charge in [-0.3, -0.25) is 0 Å². The number of aromatic amines is 1. The van der Waals surface area contributed by atoms with Crippen molar-refractivity contribution in [1.29, 1.82) is 0 Å². The van der Waals surface area contributed by atoms with Crippen LogP contribution in [0.2, 0.25) is 0 Å². The zero-order chi connectivity index (χ0) is 18.5. The van der Waals surface area contributed by atoms with E-state index in [1.807, 2.05) is 0 Å². The molecule has 7 heteroatoms. The third-order valence-corrected chi connectivity index (χ3v) is 6.43. The first-order valence-electron chi connectivity index (χ1n) is 8.41. The van der Waals surface area contributed by atoms with Crippen molar-refractivity contribution in [3.63, 3.8) is 0 Å². The van der Waals surface area contributed by atoms with Crippen LogP contribution < -0.4 is 4.72 Å². The molecule has 0 aliphatic heterocycles. The SMILES string of the molecule is Cc1cc(S(=O)(=O)NC2CCc3[nH]c4ccc(F)cc4c3C2)ccc1F. The first-order chi connectivity index (χ1) is 12.3. The third kappa shape index (κ3) is 3.01. The number of aryl methyl sites for hydroxylation is 2. The molecule has 1 aliphatic rings. The molecule has 4 nitrogen and oxygen atoms in total. The normalized spacial score (nSPS) is 17.4. The standard InChI is InChI=1S/C19H18F2N2O2S/c1-11-8-14(4-5-17(11)21)26(24,25)23-13-3-7-19-16(10-13)15-9-12(20)2-6-18(15)22-19/h2,4-6,8-9,13,22-23H,3,7,10H2,1H3. The number of fused-ring (bicyclic) bond motifs is 3. The van der Waals surface area contributed by atoms with Gasteiger partial charge in [0.2, 0.25) is 10.0 Å². The highest BCUT2D eigenvalue weighted by molar-refractivity contribution is 7.89. The van der Waals surface area contributed by atoms with Crippen molar-refractivity contribution < 1.29 is 17.2 Å². The van der Waals surface area contributed by atoms with Crippen LogP contribution in [0, 0.1) is 18.6 Å². The van der Waals surface area contributed by atoms with Gasteiger partial charge in [-0.2, -0.15) is 0 Å². The molecule has 4 rings (SSSR count). The van der Waals surface area contributed by atoms with E-state index in [0.29, 0.717) is 19.3 Å². The van der Waals surface area contributed by atoms with Gasteiger partial charge in [0, 0.05) is 22.6 Å². The molecule has 136 valence electrons. The third-order valence-electron chi connectivity index (χ3n) is 4.91. The number of hydrogen-bond acceptors (Lipinski definition) is 2. The monoisotopic (exact) mass is 376 g/mol. The Balaban J connectivity index is 1.61. The minimum absolute atomic E-state index is 0.0483. The molecule has 0 fully saturated rings. The number of benzene rings is 2. The first-order valence-corrected chi connectivity index (χ1v) is 9.89. The number of sulfonamides is 1. The number of halogens is 2. The van der Waals surface area contributed by atoms with E-state index in [4.69, 9.17) is 0 Å². The molecule has 1 atom stereocenters. The lowest BCUT2D eigenvalue weighted by Crippen LogP contribution is -2.38. The van der Waals surface area contributed by atoms with Gasteiger partial charge in [0.05, 0.1) is 4.90 Å². The molecule has 0 saturated carbocycles. The van der Waals surface area contributed by atoms with Crippen LogP contribution in [-0.4, -0.2) is 19.4 Å². The summed E-state index contributed by atoms with van der Waals surface area (Å²) in [5, 5.41) is 0.793. The topological polar surface area (TPSA) is 62.0 Å². The number of hydrogen-bond donors (Lipinski definition) is 2. The smallest absolute Gasteiger partial charge is 0.240 e. The maximum atomic E-state index is 13.6. The summed E-state index contributed by atoms with van der Waals surface area (Å²) < 4.78 is 55.0. The van der Waals surface area contributed by atoms with E-state index in [1.54, 1.807) is 6.07 Å². The van der Waals surface area contributed by atoms with E-state index in [0.717, 1.165) is 28.2 Å². The van der Waals surface area contributed by atoms with Gasteiger partial charge < -0.3 is 4.98 Å². The van der Waals surface area contributed by atoms with Gasteiger partial charge in [-0.05, 0) is 73.7 Å². The van der Waals surface area contributed by atoms with Gasteiger partial charge in [-0.1, -0.05) is 0 Å². The molecule has 0 bridgehead atoms. The van der Waals surface area contributed by atoms with Crippen LogP contribution in [0.4, 0.5) is 8.78 Å². The molecule has 2 N–H and O–H groups in total. The lowest BCUT2D eigenvalue weighted by molar-refractivity contribution is 0.506. The number of rotatable bonds is 3. The summed E-state index contributed by atoms with van der Waals surface area (Å²) in [5.74, 6) is -0.754. The van der Waals surface area contributed by atoms with Crippen LogP contribution in [0.5, 0.6) is 0 Å². The van der Waals surface area contributed by atoms with Crippen molar-refractivity contribution in [2.75, 3.05) is 0 Å². The van der Waals surface area contributed by atoms with Crippen LogP contribution in [0.15, 0.2) is 41.3 Å². The average molecular weight is 376 g/mol. The molecule has 1 unspecified atom stereocenters. The van der Waals surface area contributed by atoms with Gasteiger partial charge in [-0.25, -0.2) is 21.9 Å². The first kappa shape index (κ1) is 17.2. The Morgan fingerprint density at radius 3 is 2.73 bits per heavy atom. The zero-order valence-corrected chi connectivity index (χ0v) is 15.0. The molecule has 0 spiro atoms. The highest BCUT2D eigenvalue weighted by Gasteiger charge is 2.27. The fraction of sp³-hybridized carbons (Fsp3) is 0.263. The predicted octanol–water partition coefficient (Wildman–Crippen LogP) is 3.59. The molecule has 0 radical (unpaired) electrons. The van der Waals surface area contributed by atoms with Crippen LogP contribution in [0.3, 0.4) is 0 Å². The van der Waals surface area contributed by atoms with Crippen LogP contribution in [0.25, 0.3) is 10.9 Å². The predicted molar refractivity (Wildman–Crippen MR) is 95.5 cm³/mol. The van der Waals surface area contributed by atoms with Crippen LogP contribution in [-0.2, 0) is 22.9 Å². The number of aromatic nitrogens is 1. The summed E-state index contributed by atoms with van der Waals surface area (Å²) in [6.45, 7) is 1.53. The fourth-order valence-electron chi connectivity index (χ4n) is 3.56. The van der Waals surface area contributed by atoms with E-state index < -0.39 is 15.8 Å². The summed E-state index contributed by atoms with van der Waals surface area (Å²) in [7, 11) is -3.75. The van der Waals surface area contributed by atoms with E-state index in [1.165, 1.54) is 31.2 Å². The lowest BCUT2D eigenvalue weighted by atomic mass is 9.92. The van der Waals surface area contributed by atoms with Crippen molar-refractivity contribution in [1.82, 2.24) is 9.71 Å². The second kappa shape index (κ2) is 6.17. The summed E-state index contributed by atoms with van der Waals surface area (Å²) >= 11 is 0. The summed E-state index contributed by atoms with van der Waals surface area (Å²) in [6.07, 6.45) is 1.81. The average Bonchev–Trinajstić information content (AvgIpc) is 2.94. The lowest BCUT2D eigenvalue weighted by Gasteiger charge is -2.23. The Morgan fingerprint density at radius 1 is 1.15 bits per heavy atom. The molecular formula is C19H18F2N2O2S. The quantitative estimate of drug-likeness (QED) is 0.734. The highest BCUT2D eigenvalue weighted by Crippen LogP contribution is 2.30. The maximum absolute atomic E-state index is 13.6. The Kier molecular flexibility index (Phi) is 4.08. The van der Waals surface area contributed by atoms with Crippen molar-refractivity contribution in [2.24, 2.45) is 0 Å². The van der Waals surface area contributed by atoms with Gasteiger partial charge in [0.15, 0.2) is 0 Å². The van der Waals surface area contributed by atoms with E-state index in [9.17, 15) is 17.2 Å². The Labute approximate surface area is 150 Å². The van der Waals surface area contributed by atoms with Gasteiger partial charge in [-0.15, -0.1) is 0 Å². The van der Waals surface area contributed by atoms with E-state index >= 15 is 0 Å². The minimum Gasteiger partial charge on any atom is -0.358 e. The summed E-state index contributed by atoms with van der Waals surface area (Å²) in [4.78, 5) is 3.33. The molecule has 0 amide bonds. The fourth-order valence-corrected chi connectivity index (χ4v) is 4.92. The highest BCUT2D eigenvalue weighted by atomic mass is 32.2. The minimum atomic E-state index is -3.75. The van der Waals surface area contributed by atoms with E-state index in [-0.39, 0.29) is 22.3 Å². The Hall–Kier alpha value is -2.25. The zero-order valence-electron chi connectivity index (χ0n) is 14.1. The summed E-state index contributed by atoms with van der Waals surface area (Å²) in [5.41, 5.74) is 3.12. The number of H-pyrrole nitrogens is 1. The molecule has 1 heterocycles. The molecular weight excluding hydrogens is 358 g/mol. The largest absolute Gasteiger partial charge is 0.358 e. The molecule has 0 saturated heterocycles. The van der Waals surface area contributed by atoms with Gasteiger partial charge >= 0.3 is 0 Å². The molecule has 2 aromatic carbocycles. The van der Waals surface area contributed by atoms with Gasteiger partial charge in [0.1, 0.15) is 11.6 Å². The van der Waals surface area contributed by atoms with Crippen LogP contribution >= 0.6 is 0 Å². The van der Waals surface area contributed by atoms with Crippen molar-refractivity contribution in [3.8, 4) is 0 Å². The Bertz CT molecular complexity index is 1110. The number of nitrogens with one attached hydrogen (secondary N) is 2. The Morgan fingerprint density at radius 2 is 1.96 bits per heavy atom. The van der Waals surface area contributed by atoms with Crippen molar-refractivity contribution >= 4 is 20.9 Å². The molecule has 1 aliphatic carbocycles. The molecule has 3 aromatic rings. The molecule has 1 aromatic heterocycles. The van der Waals surface area contributed by atoms with E-state index in [2.05, 4.69) is 9.71 Å².